The van der Waals surface area contributed by atoms with Crippen molar-refractivity contribution in [3.05, 3.63) is 59.8 Å². The lowest BCUT2D eigenvalue weighted by Gasteiger charge is -2.26. The van der Waals surface area contributed by atoms with E-state index in [-0.39, 0.29) is 6.04 Å². The van der Waals surface area contributed by atoms with Gasteiger partial charge in [0.05, 0.1) is 0 Å². The van der Waals surface area contributed by atoms with E-state index >= 15 is 0 Å². The maximum atomic E-state index is 12.5. The highest BCUT2D eigenvalue weighted by Gasteiger charge is 2.24. The molecule has 0 aliphatic heterocycles. The number of hydrogen-bond donors (Lipinski definition) is 1. The SMILES string of the molecule is Cc1ccnc(NC(=O)C(=O)N(Cc2ccccc2)C(C)C)c1. The monoisotopic (exact) mass is 311 g/mol. The Morgan fingerprint density at radius 2 is 1.87 bits per heavy atom. The van der Waals surface area contributed by atoms with Gasteiger partial charge in [-0.05, 0) is 44.0 Å². The minimum Gasteiger partial charge on any atom is -0.328 e. The number of benzene rings is 1. The highest BCUT2D eigenvalue weighted by Crippen LogP contribution is 2.10. The molecule has 2 rings (SSSR count). The Bertz CT molecular complexity index is 684. The molecule has 120 valence electrons. The van der Waals surface area contributed by atoms with Crippen LogP contribution in [0.2, 0.25) is 0 Å². The van der Waals surface area contributed by atoms with Gasteiger partial charge < -0.3 is 10.2 Å². The number of carbonyl (C=O) groups excluding carboxylic acids is 2. The van der Waals surface area contributed by atoms with E-state index in [2.05, 4.69) is 10.3 Å². The van der Waals surface area contributed by atoms with Crippen LogP contribution in [0.25, 0.3) is 0 Å². The van der Waals surface area contributed by atoms with Crippen molar-refractivity contribution in [1.82, 2.24) is 9.88 Å². The molecule has 0 unspecified atom stereocenters. The number of amides is 2. The summed E-state index contributed by atoms with van der Waals surface area (Å²) in [4.78, 5) is 30.3. The summed E-state index contributed by atoms with van der Waals surface area (Å²) in [5.74, 6) is -0.855. The van der Waals surface area contributed by atoms with Gasteiger partial charge in [0, 0.05) is 18.8 Å². The van der Waals surface area contributed by atoms with E-state index < -0.39 is 11.8 Å². The maximum Gasteiger partial charge on any atom is 0.315 e. The Balaban J connectivity index is 2.09. The highest BCUT2D eigenvalue weighted by molar-refractivity contribution is 6.39. The van der Waals surface area contributed by atoms with Gasteiger partial charge >= 0.3 is 11.8 Å². The molecular weight excluding hydrogens is 290 g/mol. The average molecular weight is 311 g/mol. The molecule has 23 heavy (non-hydrogen) atoms. The second-order valence-corrected chi connectivity index (χ2v) is 5.68. The molecule has 0 fully saturated rings. The van der Waals surface area contributed by atoms with Gasteiger partial charge in [0.1, 0.15) is 5.82 Å². The highest BCUT2D eigenvalue weighted by atomic mass is 16.2. The molecule has 1 aromatic heterocycles. The molecule has 1 N–H and O–H groups in total. The Hall–Kier alpha value is -2.69. The first-order chi connectivity index (χ1) is 11.0. The Morgan fingerprint density at radius 3 is 2.48 bits per heavy atom. The van der Waals surface area contributed by atoms with Crippen LogP contribution in [0.1, 0.15) is 25.0 Å². The largest absolute Gasteiger partial charge is 0.328 e. The van der Waals surface area contributed by atoms with Crippen LogP contribution in [0.3, 0.4) is 0 Å². The van der Waals surface area contributed by atoms with Crippen molar-refractivity contribution >= 4 is 17.6 Å². The van der Waals surface area contributed by atoms with Crippen LogP contribution in [-0.4, -0.2) is 27.7 Å². The number of rotatable bonds is 4. The molecule has 0 bridgehead atoms. The van der Waals surface area contributed by atoms with E-state index in [1.165, 1.54) is 0 Å². The predicted octanol–water partition coefficient (Wildman–Crippen LogP) is 2.77. The summed E-state index contributed by atoms with van der Waals surface area (Å²) in [7, 11) is 0. The first-order valence-corrected chi connectivity index (χ1v) is 7.56. The van der Waals surface area contributed by atoms with E-state index in [1.807, 2.05) is 57.2 Å². The lowest BCUT2D eigenvalue weighted by molar-refractivity contribution is -0.144. The molecule has 0 radical (unpaired) electrons. The van der Waals surface area contributed by atoms with E-state index in [0.29, 0.717) is 12.4 Å². The summed E-state index contributed by atoms with van der Waals surface area (Å²) in [6, 6.07) is 13.1. The Morgan fingerprint density at radius 1 is 1.17 bits per heavy atom. The summed E-state index contributed by atoms with van der Waals surface area (Å²) in [6.45, 7) is 6.07. The lowest BCUT2D eigenvalue weighted by Crippen LogP contribution is -2.43. The smallest absolute Gasteiger partial charge is 0.315 e. The zero-order chi connectivity index (χ0) is 16.8. The Labute approximate surface area is 136 Å². The standard InChI is InChI=1S/C18H21N3O2/c1-13(2)21(12-15-7-5-4-6-8-15)18(23)17(22)20-16-11-14(3)9-10-19-16/h4-11,13H,12H2,1-3H3,(H,19,20,22). The van der Waals surface area contributed by atoms with Crippen LogP contribution in [0.15, 0.2) is 48.7 Å². The van der Waals surface area contributed by atoms with Gasteiger partial charge in [-0.2, -0.15) is 0 Å². The van der Waals surface area contributed by atoms with Crippen molar-refractivity contribution in [1.29, 1.82) is 0 Å². The van der Waals surface area contributed by atoms with Gasteiger partial charge in [-0.15, -0.1) is 0 Å². The number of aromatic nitrogens is 1. The van der Waals surface area contributed by atoms with Crippen molar-refractivity contribution in [3.63, 3.8) is 0 Å². The van der Waals surface area contributed by atoms with Gasteiger partial charge in [-0.1, -0.05) is 30.3 Å². The second-order valence-electron chi connectivity index (χ2n) is 5.68. The number of pyridine rings is 1. The van der Waals surface area contributed by atoms with Gasteiger partial charge in [0.15, 0.2) is 0 Å². The molecule has 2 aromatic rings. The summed E-state index contributed by atoms with van der Waals surface area (Å²) in [5.41, 5.74) is 1.95. The zero-order valence-electron chi connectivity index (χ0n) is 13.6. The third kappa shape index (κ3) is 4.64. The third-order valence-corrected chi connectivity index (χ3v) is 3.43. The van der Waals surface area contributed by atoms with Gasteiger partial charge in [-0.25, -0.2) is 4.98 Å². The molecular formula is C18H21N3O2. The van der Waals surface area contributed by atoms with Crippen molar-refractivity contribution in [3.8, 4) is 0 Å². The molecule has 0 aliphatic carbocycles. The number of anilines is 1. The van der Waals surface area contributed by atoms with Crippen LogP contribution in [0.5, 0.6) is 0 Å². The molecule has 0 saturated heterocycles. The van der Waals surface area contributed by atoms with Gasteiger partial charge in [-0.3, -0.25) is 9.59 Å². The molecule has 1 aromatic carbocycles. The molecule has 0 saturated carbocycles. The van der Waals surface area contributed by atoms with Crippen molar-refractivity contribution in [2.24, 2.45) is 0 Å². The number of nitrogens with one attached hydrogen (secondary N) is 1. The fraction of sp³-hybridized carbons (Fsp3) is 0.278. The molecule has 2 amide bonds. The van der Waals surface area contributed by atoms with Crippen LogP contribution >= 0.6 is 0 Å². The fourth-order valence-corrected chi connectivity index (χ4v) is 2.17. The minimum atomic E-state index is -0.673. The number of aryl methyl sites for hydroxylation is 1. The molecule has 5 nitrogen and oxygen atoms in total. The molecule has 0 atom stereocenters. The fourth-order valence-electron chi connectivity index (χ4n) is 2.17. The van der Waals surface area contributed by atoms with Crippen LogP contribution in [0, 0.1) is 6.92 Å². The molecule has 1 heterocycles. The molecule has 0 spiro atoms. The van der Waals surface area contributed by atoms with Crippen molar-refractivity contribution in [2.45, 2.75) is 33.4 Å². The van der Waals surface area contributed by atoms with Crippen molar-refractivity contribution < 1.29 is 9.59 Å². The summed E-state index contributed by atoms with van der Waals surface area (Å²) in [6.07, 6.45) is 1.60. The number of hydrogen-bond acceptors (Lipinski definition) is 3. The van der Waals surface area contributed by atoms with E-state index in [1.54, 1.807) is 17.2 Å². The third-order valence-electron chi connectivity index (χ3n) is 3.43. The van der Waals surface area contributed by atoms with Crippen molar-refractivity contribution in [2.75, 3.05) is 5.32 Å². The van der Waals surface area contributed by atoms with Gasteiger partial charge in [0.2, 0.25) is 0 Å². The van der Waals surface area contributed by atoms with Crippen LogP contribution in [0.4, 0.5) is 5.82 Å². The van der Waals surface area contributed by atoms with Gasteiger partial charge in [0.25, 0.3) is 0 Å². The average Bonchev–Trinajstić information content (AvgIpc) is 2.52. The topological polar surface area (TPSA) is 62.3 Å². The summed E-state index contributed by atoms with van der Waals surface area (Å²) >= 11 is 0. The lowest BCUT2D eigenvalue weighted by atomic mass is 10.2. The first-order valence-electron chi connectivity index (χ1n) is 7.56. The first kappa shape index (κ1) is 16.7. The minimum absolute atomic E-state index is 0.0843. The predicted molar refractivity (Wildman–Crippen MR) is 89.7 cm³/mol. The maximum absolute atomic E-state index is 12.5. The zero-order valence-corrected chi connectivity index (χ0v) is 13.6. The van der Waals surface area contributed by atoms with E-state index in [4.69, 9.17) is 0 Å². The summed E-state index contributed by atoms with van der Waals surface area (Å²) < 4.78 is 0. The summed E-state index contributed by atoms with van der Waals surface area (Å²) in [5, 5.41) is 2.56. The van der Waals surface area contributed by atoms with Crippen LogP contribution in [-0.2, 0) is 16.1 Å². The van der Waals surface area contributed by atoms with E-state index in [9.17, 15) is 9.59 Å². The number of carbonyl (C=O) groups is 2. The quantitative estimate of drug-likeness (QED) is 0.883. The molecule has 5 heteroatoms. The number of nitrogens with zero attached hydrogens (tertiary/aromatic N) is 2. The Kier molecular flexibility index (Phi) is 5.46. The normalized spacial score (nSPS) is 10.4. The van der Waals surface area contributed by atoms with Crippen LogP contribution < -0.4 is 5.32 Å². The second kappa shape index (κ2) is 7.54. The molecule has 0 aliphatic rings. The van der Waals surface area contributed by atoms with E-state index in [0.717, 1.165) is 11.1 Å².